The van der Waals surface area contributed by atoms with Crippen LogP contribution in [0.1, 0.15) is 18.9 Å². The molecule has 1 aliphatic rings. The number of nitrogens with one attached hydrogen (secondary N) is 2. The normalized spacial score (nSPS) is 16.5. The van der Waals surface area contributed by atoms with Crippen molar-refractivity contribution in [2.24, 2.45) is 0 Å². The lowest BCUT2D eigenvalue weighted by Gasteiger charge is -2.19. The molecule has 0 bridgehead atoms. The van der Waals surface area contributed by atoms with Crippen LogP contribution in [-0.4, -0.2) is 41.7 Å². The van der Waals surface area contributed by atoms with Crippen LogP contribution in [-0.2, 0) is 6.54 Å². The van der Waals surface area contributed by atoms with Gasteiger partial charge >= 0.3 is 6.03 Å². The van der Waals surface area contributed by atoms with Crippen LogP contribution < -0.4 is 20.3 Å². The Bertz CT molecular complexity index is 695. The van der Waals surface area contributed by atoms with E-state index in [0.29, 0.717) is 25.6 Å². The Balaban J connectivity index is 1.50. The summed E-state index contributed by atoms with van der Waals surface area (Å²) in [5.74, 6) is 1.28. The summed E-state index contributed by atoms with van der Waals surface area (Å²) in [7, 11) is 0. The van der Waals surface area contributed by atoms with Crippen LogP contribution in [0.25, 0.3) is 0 Å². The number of aromatic nitrogens is 2. The number of benzene rings is 1. The third kappa shape index (κ3) is 4.59. The van der Waals surface area contributed by atoms with E-state index in [4.69, 9.17) is 4.74 Å². The highest BCUT2D eigenvalue weighted by atomic mass is 16.5. The first-order valence-corrected chi connectivity index (χ1v) is 8.53. The van der Waals surface area contributed by atoms with Gasteiger partial charge in [-0.1, -0.05) is 30.3 Å². The van der Waals surface area contributed by atoms with Crippen LogP contribution in [0.5, 0.6) is 5.88 Å². The van der Waals surface area contributed by atoms with Gasteiger partial charge in [-0.25, -0.2) is 14.8 Å². The smallest absolute Gasteiger partial charge is 0.315 e. The third-order valence-corrected chi connectivity index (χ3v) is 4.05. The highest BCUT2D eigenvalue weighted by molar-refractivity contribution is 5.74. The van der Waals surface area contributed by atoms with Crippen molar-refractivity contribution in [1.82, 2.24) is 20.6 Å². The molecular formula is C18H23N5O2. The zero-order valence-electron chi connectivity index (χ0n) is 14.3. The van der Waals surface area contributed by atoms with Gasteiger partial charge in [0.2, 0.25) is 0 Å². The maximum Gasteiger partial charge on any atom is 0.315 e. The minimum Gasteiger partial charge on any atom is -0.475 e. The third-order valence-electron chi connectivity index (χ3n) is 4.05. The molecule has 1 atom stereocenters. The van der Waals surface area contributed by atoms with Gasteiger partial charge in [-0.05, 0) is 18.9 Å². The molecule has 0 spiro atoms. The number of nitrogens with zero attached hydrogens (tertiary/aromatic N) is 3. The molecule has 132 valence electrons. The van der Waals surface area contributed by atoms with Crippen molar-refractivity contribution in [3.8, 4) is 5.88 Å². The van der Waals surface area contributed by atoms with Crippen molar-refractivity contribution in [3.05, 3.63) is 48.3 Å². The molecule has 1 aromatic heterocycles. The molecule has 3 rings (SSSR count). The Morgan fingerprint density at radius 3 is 2.88 bits per heavy atom. The van der Waals surface area contributed by atoms with Crippen LogP contribution in [0.15, 0.2) is 42.7 Å². The molecule has 1 aromatic carbocycles. The molecular weight excluding hydrogens is 318 g/mol. The molecule has 0 aliphatic carbocycles. The van der Waals surface area contributed by atoms with Gasteiger partial charge in [0.1, 0.15) is 0 Å². The minimum absolute atomic E-state index is 0.0762. The van der Waals surface area contributed by atoms with Crippen molar-refractivity contribution >= 4 is 11.8 Å². The van der Waals surface area contributed by atoms with E-state index < -0.39 is 0 Å². The average molecular weight is 341 g/mol. The Labute approximate surface area is 147 Å². The molecule has 0 radical (unpaired) electrons. The van der Waals surface area contributed by atoms with Crippen molar-refractivity contribution in [1.29, 1.82) is 0 Å². The van der Waals surface area contributed by atoms with Crippen molar-refractivity contribution < 1.29 is 9.53 Å². The number of carbonyl (C=O) groups excluding carboxylic acids is 1. The molecule has 1 aliphatic heterocycles. The van der Waals surface area contributed by atoms with E-state index in [-0.39, 0.29) is 12.1 Å². The van der Waals surface area contributed by atoms with Crippen LogP contribution in [0.4, 0.5) is 10.6 Å². The van der Waals surface area contributed by atoms with Gasteiger partial charge in [0, 0.05) is 38.1 Å². The largest absolute Gasteiger partial charge is 0.475 e. The van der Waals surface area contributed by atoms with Gasteiger partial charge in [-0.15, -0.1) is 0 Å². The minimum atomic E-state index is -0.153. The van der Waals surface area contributed by atoms with E-state index in [0.717, 1.165) is 24.3 Å². The van der Waals surface area contributed by atoms with Gasteiger partial charge in [0.15, 0.2) is 5.82 Å². The number of carbonyl (C=O) groups is 1. The van der Waals surface area contributed by atoms with E-state index in [2.05, 4.69) is 25.5 Å². The summed E-state index contributed by atoms with van der Waals surface area (Å²) in [6.45, 7) is 4.48. The second-order valence-electron chi connectivity index (χ2n) is 5.86. The maximum absolute atomic E-state index is 12.1. The second-order valence-corrected chi connectivity index (χ2v) is 5.86. The fourth-order valence-corrected chi connectivity index (χ4v) is 2.86. The van der Waals surface area contributed by atoms with E-state index in [1.165, 1.54) is 0 Å². The highest BCUT2D eigenvalue weighted by Crippen LogP contribution is 2.26. The number of anilines is 1. The second kappa shape index (κ2) is 8.32. The van der Waals surface area contributed by atoms with Gasteiger partial charge in [0.25, 0.3) is 5.88 Å². The van der Waals surface area contributed by atoms with Gasteiger partial charge in [0.05, 0.1) is 6.61 Å². The Hall–Kier alpha value is -2.83. The summed E-state index contributed by atoms with van der Waals surface area (Å²) in [6.07, 6.45) is 4.14. The lowest BCUT2D eigenvalue weighted by atomic mass is 10.2. The summed E-state index contributed by atoms with van der Waals surface area (Å²) < 4.78 is 5.54. The predicted octanol–water partition coefficient (Wildman–Crippen LogP) is 1.95. The lowest BCUT2D eigenvalue weighted by Crippen LogP contribution is -2.43. The fraction of sp³-hybridized carbons (Fsp3) is 0.389. The summed E-state index contributed by atoms with van der Waals surface area (Å²) in [4.78, 5) is 22.8. The van der Waals surface area contributed by atoms with E-state index >= 15 is 0 Å². The number of ether oxygens (including phenoxy) is 1. The Morgan fingerprint density at radius 1 is 1.28 bits per heavy atom. The zero-order chi connectivity index (χ0) is 17.5. The highest BCUT2D eigenvalue weighted by Gasteiger charge is 2.27. The van der Waals surface area contributed by atoms with Gasteiger partial charge in [-0.2, -0.15) is 0 Å². The predicted molar refractivity (Wildman–Crippen MR) is 95.6 cm³/mol. The molecule has 2 N–H and O–H groups in total. The molecule has 1 unspecified atom stereocenters. The molecule has 1 saturated heterocycles. The van der Waals surface area contributed by atoms with Crippen LogP contribution >= 0.6 is 0 Å². The first kappa shape index (κ1) is 17.0. The molecule has 7 nitrogen and oxygen atoms in total. The summed E-state index contributed by atoms with van der Waals surface area (Å²) >= 11 is 0. The molecule has 1 fully saturated rings. The monoisotopic (exact) mass is 341 g/mol. The van der Waals surface area contributed by atoms with Crippen molar-refractivity contribution in [3.63, 3.8) is 0 Å². The summed E-state index contributed by atoms with van der Waals surface area (Å²) in [5, 5.41) is 5.91. The molecule has 2 heterocycles. The van der Waals surface area contributed by atoms with Crippen LogP contribution in [0.3, 0.4) is 0 Å². The first-order valence-electron chi connectivity index (χ1n) is 8.53. The number of amides is 2. The average Bonchev–Trinajstić information content (AvgIpc) is 3.10. The summed E-state index contributed by atoms with van der Waals surface area (Å²) in [5.41, 5.74) is 1.08. The molecule has 2 amide bonds. The number of hydrogen-bond acceptors (Lipinski definition) is 5. The SMILES string of the molecule is CCOc1nccnc1N1CCC(NC(=O)NCc2ccccc2)C1. The van der Waals surface area contributed by atoms with Gasteiger partial charge < -0.3 is 20.3 Å². The molecule has 2 aromatic rings. The van der Waals surface area contributed by atoms with Crippen LogP contribution in [0, 0.1) is 0 Å². The lowest BCUT2D eigenvalue weighted by molar-refractivity contribution is 0.237. The fourth-order valence-electron chi connectivity index (χ4n) is 2.86. The van der Waals surface area contributed by atoms with E-state index in [1.54, 1.807) is 12.4 Å². The quantitative estimate of drug-likeness (QED) is 0.840. The summed E-state index contributed by atoms with van der Waals surface area (Å²) in [6, 6.07) is 9.77. The van der Waals surface area contributed by atoms with Gasteiger partial charge in [-0.3, -0.25) is 0 Å². The van der Waals surface area contributed by atoms with E-state index in [9.17, 15) is 4.79 Å². The first-order chi connectivity index (χ1) is 12.3. The number of hydrogen-bond donors (Lipinski definition) is 2. The topological polar surface area (TPSA) is 79.4 Å². The maximum atomic E-state index is 12.1. The Kier molecular flexibility index (Phi) is 5.66. The number of urea groups is 1. The van der Waals surface area contributed by atoms with Crippen molar-refractivity contribution in [2.45, 2.75) is 25.9 Å². The van der Waals surface area contributed by atoms with Crippen molar-refractivity contribution in [2.75, 3.05) is 24.6 Å². The number of rotatable bonds is 6. The molecule has 7 heteroatoms. The molecule has 25 heavy (non-hydrogen) atoms. The van der Waals surface area contributed by atoms with Crippen LogP contribution in [0.2, 0.25) is 0 Å². The standard InChI is InChI=1S/C18H23N5O2/c1-2-25-17-16(19-9-10-20-17)23-11-8-15(13-23)22-18(24)21-12-14-6-4-3-5-7-14/h3-7,9-10,15H,2,8,11-13H2,1H3,(H2,21,22,24). The Morgan fingerprint density at radius 2 is 2.08 bits per heavy atom. The zero-order valence-corrected chi connectivity index (χ0v) is 14.3. The van der Waals surface area contributed by atoms with E-state index in [1.807, 2.05) is 37.3 Å². The molecule has 0 saturated carbocycles.